The third-order valence-electron chi connectivity index (χ3n) is 2.12. The van der Waals surface area contributed by atoms with Crippen molar-refractivity contribution in [2.45, 2.75) is 44.8 Å². The summed E-state index contributed by atoms with van der Waals surface area (Å²) in [6.45, 7) is 3.75. The summed E-state index contributed by atoms with van der Waals surface area (Å²) < 4.78 is 25.1. The lowest BCUT2D eigenvalue weighted by atomic mass is 10.2. The Bertz CT molecular complexity index is 226. The summed E-state index contributed by atoms with van der Waals surface area (Å²) in [6, 6.07) is 0. The first-order valence-electron chi connectivity index (χ1n) is 5.14. The van der Waals surface area contributed by atoms with E-state index in [-0.39, 0.29) is 6.61 Å². The topological polar surface area (TPSA) is 66.4 Å². The van der Waals surface area contributed by atoms with E-state index in [2.05, 4.69) is 11.6 Å². The third kappa shape index (κ3) is 5.57. The smallest absolute Gasteiger partial charge is 0.216 e. The third-order valence-corrected chi connectivity index (χ3v) is 3.94. The SMILES string of the molecule is CCCCCCNS(=O)(=O)C(C)CO. The highest BCUT2D eigenvalue weighted by Gasteiger charge is 2.18. The zero-order valence-electron chi connectivity index (χ0n) is 8.99. The van der Waals surface area contributed by atoms with Gasteiger partial charge < -0.3 is 5.11 Å². The molecule has 0 bridgehead atoms. The number of aliphatic hydroxyl groups excluding tert-OH is 1. The van der Waals surface area contributed by atoms with Crippen LogP contribution < -0.4 is 4.72 Å². The van der Waals surface area contributed by atoms with Gasteiger partial charge in [0.2, 0.25) is 10.0 Å². The number of unbranched alkanes of at least 4 members (excludes halogenated alkanes) is 3. The van der Waals surface area contributed by atoms with Crippen LogP contribution in [-0.4, -0.2) is 31.9 Å². The summed E-state index contributed by atoms with van der Waals surface area (Å²) in [4.78, 5) is 0. The summed E-state index contributed by atoms with van der Waals surface area (Å²) in [6.07, 6.45) is 4.19. The minimum Gasteiger partial charge on any atom is -0.395 e. The first kappa shape index (κ1) is 13.9. The van der Waals surface area contributed by atoms with Gasteiger partial charge in [0.1, 0.15) is 0 Å². The van der Waals surface area contributed by atoms with Crippen LogP contribution >= 0.6 is 0 Å². The van der Waals surface area contributed by atoms with Gasteiger partial charge in [-0.3, -0.25) is 0 Å². The standard InChI is InChI=1S/C9H21NO3S/c1-3-4-5-6-7-10-14(12,13)9(2)8-11/h9-11H,3-8H2,1-2H3. The Morgan fingerprint density at radius 1 is 1.29 bits per heavy atom. The van der Waals surface area contributed by atoms with Crippen molar-refractivity contribution < 1.29 is 13.5 Å². The molecule has 0 saturated heterocycles. The van der Waals surface area contributed by atoms with E-state index in [1.807, 2.05) is 0 Å². The molecule has 0 rings (SSSR count). The van der Waals surface area contributed by atoms with Crippen molar-refractivity contribution in [3.63, 3.8) is 0 Å². The molecule has 0 aromatic rings. The number of hydrogen-bond acceptors (Lipinski definition) is 3. The van der Waals surface area contributed by atoms with Crippen LogP contribution in [0.1, 0.15) is 39.5 Å². The molecule has 1 unspecified atom stereocenters. The summed E-state index contributed by atoms with van der Waals surface area (Å²) in [5.41, 5.74) is 0. The van der Waals surface area contributed by atoms with Crippen molar-refractivity contribution in [3.05, 3.63) is 0 Å². The van der Waals surface area contributed by atoms with Gasteiger partial charge >= 0.3 is 0 Å². The van der Waals surface area contributed by atoms with Crippen LogP contribution in [0.5, 0.6) is 0 Å². The molecule has 2 N–H and O–H groups in total. The Morgan fingerprint density at radius 3 is 2.43 bits per heavy atom. The zero-order valence-corrected chi connectivity index (χ0v) is 9.81. The molecule has 0 saturated carbocycles. The second-order valence-electron chi connectivity index (χ2n) is 3.49. The van der Waals surface area contributed by atoms with Gasteiger partial charge in [-0.1, -0.05) is 26.2 Å². The molecule has 0 heterocycles. The minimum absolute atomic E-state index is 0.329. The molecular weight excluding hydrogens is 202 g/mol. The monoisotopic (exact) mass is 223 g/mol. The lowest BCUT2D eigenvalue weighted by molar-refractivity contribution is 0.295. The molecule has 0 spiro atoms. The van der Waals surface area contributed by atoms with Gasteiger partial charge in [-0.2, -0.15) is 0 Å². The Morgan fingerprint density at radius 2 is 1.93 bits per heavy atom. The van der Waals surface area contributed by atoms with Gasteiger partial charge in [0, 0.05) is 6.54 Å². The number of sulfonamides is 1. The molecule has 0 aliphatic heterocycles. The van der Waals surface area contributed by atoms with Gasteiger partial charge in [0.25, 0.3) is 0 Å². The van der Waals surface area contributed by atoms with E-state index in [4.69, 9.17) is 5.11 Å². The average Bonchev–Trinajstić information content (AvgIpc) is 2.16. The van der Waals surface area contributed by atoms with Crippen molar-refractivity contribution in [1.82, 2.24) is 4.72 Å². The van der Waals surface area contributed by atoms with Crippen LogP contribution in [0, 0.1) is 0 Å². The van der Waals surface area contributed by atoms with E-state index in [9.17, 15) is 8.42 Å². The fourth-order valence-corrected chi connectivity index (χ4v) is 1.92. The van der Waals surface area contributed by atoms with Crippen molar-refractivity contribution in [1.29, 1.82) is 0 Å². The first-order chi connectivity index (χ1) is 6.54. The zero-order chi connectivity index (χ0) is 11.0. The molecular formula is C9H21NO3S. The molecule has 86 valence electrons. The van der Waals surface area contributed by atoms with Gasteiger partial charge in [0.05, 0.1) is 11.9 Å². The number of rotatable bonds is 8. The van der Waals surface area contributed by atoms with Crippen molar-refractivity contribution in [3.8, 4) is 0 Å². The van der Waals surface area contributed by atoms with Gasteiger partial charge in [-0.15, -0.1) is 0 Å². The second-order valence-corrected chi connectivity index (χ2v) is 5.68. The van der Waals surface area contributed by atoms with E-state index in [1.165, 1.54) is 6.92 Å². The molecule has 0 amide bonds. The molecule has 0 fully saturated rings. The van der Waals surface area contributed by atoms with Crippen LogP contribution in [0.15, 0.2) is 0 Å². The fourth-order valence-electron chi connectivity index (χ4n) is 1.01. The number of nitrogens with one attached hydrogen (secondary N) is 1. The van der Waals surface area contributed by atoms with Crippen molar-refractivity contribution in [2.24, 2.45) is 0 Å². The lowest BCUT2D eigenvalue weighted by Crippen LogP contribution is -2.35. The van der Waals surface area contributed by atoms with Crippen molar-refractivity contribution >= 4 is 10.0 Å². The largest absolute Gasteiger partial charge is 0.395 e. The minimum atomic E-state index is -3.30. The quantitative estimate of drug-likeness (QED) is 0.600. The maximum atomic E-state index is 11.3. The summed E-state index contributed by atoms with van der Waals surface area (Å²) in [5.74, 6) is 0. The highest BCUT2D eigenvalue weighted by atomic mass is 32.2. The van der Waals surface area contributed by atoms with E-state index in [0.717, 1.165) is 25.7 Å². The molecule has 4 nitrogen and oxygen atoms in total. The second kappa shape index (κ2) is 7.20. The van der Waals surface area contributed by atoms with Crippen LogP contribution in [0.4, 0.5) is 0 Å². The Labute approximate surface area is 86.8 Å². The van der Waals surface area contributed by atoms with E-state index < -0.39 is 15.3 Å². The van der Waals surface area contributed by atoms with E-state index in [0.29, 0.717) is 6.54 Å². The Balaban J connectivity index is 3.67. The molecule has 1 atom stereocenters. The Kier molecular flexibility index (Phi) is 7.13. The predicted molar refractivity (Wildman–Crippen MR) is 57.6 cm³/mol. The van der Waals surface area contributed by atoms with Gasteiger partial charge in [-0.25, -0.2) is 13.1 Å². The highest BCUT2D eigenvalue weighted by Crippen LogP contribution is 2.00. The van der Waals surface area contributed by atoms with E-state index >= 15 is 0 Å². The molecule has 0 radical (unpaired) electrons. The summed E-state index contributed by atoms with van der Waals surface area (Å²) >= 11 is 0. The lowest BCUT2D eigenvalue weighted by Gasteiger charge is -2.10. The normalized spacial score (nSPS) is 14.2. The molecule has 0 aliphatic carbocycles. The first-order valence-corrected chi connectivity index (χ1v) is 6.68. The predicted octanol–water partition coefficient (Wildman–Crippen LogP) is 0.867. The molecule has 5 heteroatoms. The molecule has 0 aromatic heterocycles. The number of aliphatic hydroxyl groups is 1. The number of hydrogen-bond donors (Lipinski definition) is 2. The maximum absolute atomic E-state index is 11.3. The van der Waals surface area contributed by atoms with E-state index in [1.54, 1.807) is 0 Å². The molecule has 0 aliphatic rings. The van der Waals surface area contributed by atoms with Crippen LogP contribution in [0.2, 0.25) is 0 Å². The van der Waals surface area contributed by atoms with Crippen LogP contribution in [0.25, 0.3) is 0 Å². The summed E-state index contributed by atoms with van der Waals surface area (Å²) in [7, 11) is -3.30. The van der Waals surface area contributed by atoms with Crippen LogP contribution in [-0.2, 0) is 10.0 Å². The Hall–Kier alpha value is -0.130. The fraction of sp³-hybridized carbons (Fsp3) is 1.00. The summed E-state index contributed by atoms with van der Waals surface area (Å²) in [5, 5.41) is 7.98. The maximum Gasteiger partial charge on any atom is 0.216 e. The molecule has 0 aromatic carbocycles. The van der Waals surface area contributed by atoms with Crippen LogP contribution in [0.3, 0.4) is 0 Å². The highest BCUT2D eigenvalue weighted by molar-refractivity contribution is 7.90. The van der Waals surface area contributed by atoms with Crippen molar-refractivity contribution in [2.75, 3.05) is 13.2 Å². The van der Waals surface area contributed by atoms with Gasteiger partial charge in [0.15, 0.2) is 0 Å². The van der Waals surface area contributed by atoms with Gasteiger partial charge in [-0.05, 0) is 13.3 Å². The average molecular weight is 223 g/mol. The molecule has 14 heavy (non-hydrogen) atoms.